The van der Waals surface area contributed by atoms with Crippen LogP contribution in [0.25, 0.3) is 0 Å². The van der Waals surface area contributed by atoms with Crippen LogP contribution in [0, 0.1) is 18.8 Å². The van der Waals surface area contributed by atoms with Crippen molar-refractivity contribution < 1.29 is 9.90 Å². The van der Waals surface area contributed by atoms with Gasteiger partial charge < -0.3 is 10.4 Å². The zero-order valence-electron chi connectivity index (χ0n) is 12.8. The molecule has 1 aliphatic rings. The molecule has 20 heavy (non-hydrogen) atoms. The monoisotopic (exact) mass is 279 g/mol. The highest BCUT2D eigenvalue weighted by Gasteiger charge is 2.30. The van der Waals surface area contributed by atoms with Crippen molar-refractivity contribution in [3.8, 4) is 0 Å². The Morgan fingerprint density at radius 3 is 2.65 bits per heavy atom. The van der Waals surface area contributed by atoms with Crippen LogP contribution in [0.15, 0.2) is 0 Å². The number of nitrogens with one attached hydrogen (secondary N) is 1. The molecule has 1 heterocycles. The lowest BCUT2D eigenvalue weighted by Gasteiger charge is -2.35. The van der Waals surface area contributed by atoms with Gasteiger partial charge in [-0.1, -0.05) is 26.7 Å². The van der Waals surface area contributed by atoms with Crippen LogP contribution in [-0.2, 0) is 7.05 Å². The molecule has 2 atom stereocenters. The van der Waals surface area contributed by atoms with Crippen LogP contribution in [0.2, 0.25) is 0 Å². The number of rotatable bonds is 4. The molecular weight excluding hydrogens is 254 g/mol. The summed E-state index contributed by atoms with van der Waals surface area (Å²) in [6, 6.07) is 0.344. The molecular formula is C15H25N3O2. The third-order valence-corrected chi connectivity index (χ3v) is 4.43. The topological polar surface area (TPSA) is 67.2 Å². The summed E-state index contributed by atoms with van der Waals surface area (Å²) < 4.78 is 1.66. The Hall–Kier alpha value is -1.52. The summed E-state index contributed by atoms with van der Waals surface area (Å²) in [6.07, 6.45) is 4.80. The first-order valence-corrected chi connectivity index (χ1v) is 7.45. The van der Waals surface area contributed by atoms with Gasteiger partial charge in [-0.05, 0) is 31.6 Å². The van der Waals surface area contributed by atoms with Gasteiger partial charge in [-0.2, -0.15) is 5.10 Å². The zero-order valence-corrected chi connectivity index (χ0v) is 12.8. The Morgan fingerprint density at radius 1 is 1.40 bits per heavy atom. The van der Waals surface area contributed by atoms with Crippen LogP contribution >= 0.6 is 0 Å². The first-order chi connectivity index (χ1) is 9.41. The summed E-state index contributed by atoms with van der Waals surface area (Å²) in [5.74, 6) is 0.943. The van der Waals surface area contributed by atoms with Crippen molar-refractivity contribution in [2.75, 3.05) is 5.32 Å². The Morgan fingerprint density at radius 2 is 2.05 bits per heavy atom. The largest absolute Gasteiger partial charge is 0.477 e. The predicted octanol–water partition coefficient (Wildman–Crippen LogP) is 3.05. The second kappa shape index (κ2) is 5.85. The van der Waals surface area contributed by atoms with E-state index in [4.69, 9.17) is 0 Å². The second-order valence-electron chi connectivity index (χ2n) is 6.18. The average molecular weight is 279 g/mol. The lowest BCUT2D eigenvalue weighted by Crippen LogP contribution is -2.36. The molecule has 0 aromatic carbocycles. The summed E-state index contributed by atoms with van der Waals surface area (Å²) in [7, 11) is 1.80. The fraction of sp³-hybridized carbons (Fsp3) is 0.733. The maximum Gasteiger partial charge on any atom is 0.341 e. The van der Waals surface area contributed by atoms with Crippen LogP contribution in [0.1, 0.15) is 55.6 Å². The highest BCUT2D eigenvalue weighted by atomic mass is 16.4. The van der Waals surface area contributed by atoms with Crippen molar-refractivity contribution >= 4 is 11.8 Å². The molecule has 1 aromatic rings. The highest BCUT2D eigenvalue weighted by Crippen LogP contribution is 2.33. The molecule has 0 aliphatic heterocycles. The maximum atomic E-state index is 11.4. The van der Waals surface area contributed by atoms with Crippen LogP contribution in [-0.4, -0.2) is 26.9 Å². The van der Waals surface area contributed by atoms with E-state index >= 15 is 0 Å². The van der Waals surface area contributed by atoms with Crippen molar-refractivity contribution in [3.05, 3.63) is 11.3 Å². The molecule has 0 radical (unpaired) electrons. The minimum Gasteiger partial charge on any atom is -0.477 e. The molecule has 1 fully saturated rings. The average Bonchev–Trinajstić information content (AvgIpc) is 2.64. The van der Waals surface area contributed by atoms with Gasteiger partial charge in [0.25, 0.3) is 0 Å². The Kier molecular flexibility index (Phi) is 4.35. The molecule has 1 saturated carbocycles. The number of carbonyl (C=O) groups is 1. The SMILES string of the molecule is Cc1nn(C)c(NC2CCCCC2C(C)C)c1C(=O)O. The smallest absolute Gasteiger partial charge is 0.341 e. The van der Waals surface area contributed by atoms with Gasteiger partial charge in [0.05, 0.1) is 5.69 Å². The Bertz CT molecular complexity index is 494. The molecule has 2 rings (SSSR count). The Labute approximate surface area is 120 Å². The normalized spacial score (nSPS) is 23.1. The van der Waals surface area contributed by atoms with E-state index in [-0.39, 0.29) is 0 Å². The lowest BCUT2D eigenvalue weighted by atomic mass is 9.78. The minimum absolute atomic E-state index is 0.306. The van der Waals surface area contributed by atoms with Crippen LogP contribution in [0.4, 0.5) is 5.82 Å². The zero-order chi connectivity index (χ0) is 14.9. The van der Waals surface area contributed by atoms with Crippen LogP contribution < -0.4 is 5.32 Å². The summed E-state index contributed by atoms with van der Waals surface area (Å²) in [4.78, 5) is 11.4. The van der Waals surface area contributed by atoms with E-state index in [1.165, 1.54) is 19.3 Å². The third kappa shape index (κ3) is 2.81. The van der Waals surface area contributed by atoms with Gasteiger partial charge in [-0.15, -0.1) is 0 Å². The van der Waals surface area contributed by atoms with E-state index in [0.717, 1.165) is 6.42 Å². The van der Waals surface area contributed by atoms with Gasteiger partial charge in [0.1, 0.15) is 11.4 Å². The number of hydrogen-bond donors (Lipinski definition) is 2. The van der Waals surface area contributed by atoms with Crippen molar-refractivity contribution in [1.29, 1.82) is 0 Å². The summed E-state index contributed by atoms with van der Waals surface area (Å²) in [5, 5.41) is 17.1. The molecule has 0 spiro atoms. The molecule has 5 nitrogen and oxygen atoms in total. The number of aryl methyl sites for hydroxylation is 2. The van der Waals surface area contributed by atoms with Crippen molar-refractivity contribution in [2.45, 2.75) is 52.5 Å². The summed E-state index contributed by atoms with van der Waals surface area (Å²) >= 11 is 0. The maximum absolute atomic E-state index is 11.4. The van der Waals surface area contributed by atoms with Gasteiger partial charge in [0.15, 0.2) is 0 Å². The second-order valence-corrected chi connectivity index (χ2v) is 6.18. The first-order valence-electron chi connectivity index (χ1n) is 7.45. The number of hydrogen-bond acceptors (Lipinski definition) is 3. The van der Waals surface area contributed by atoms with E-state index in [1.54, 1.807) is 18.7 Å². The van der Waals surface area contributed by atoms with Crippen LogP contribution in [0.3, 0.4) is 0 Å². The predicted molar refractivity (Wildman–Crippen MR) is 79.1 cm³/mol. The number of nitrogens with zero attached hydrogens (tertiary/aromatic N) is 2. The van der Waals surface area contributed by atoms with E-state index in [0.29, 0.717) is 35.0 Å². The van der Waals surface area contributed by atoms with Crippen molar-refractivity contribution in [2.24, 2.45) is 18.9 Å². The minimum atomic E-state index is -0.907. The van der Waals surface area contributed by atoms with Crippen LogP contribution in [0.5, 0.6) is 0 Å². The van der Waals surface area contributed by atoms with Gasteiger partial charge in [-0.3, -0.25) is 4.68 Å². The number of anilines is 1. The summed E-state index contributed by atoms with van der Waals surface area (Å²) in [5.41, 5.74) is 0.875. The molecule has 0 bridgehead atoms. The van der Waals surface area contributed by atoms with Gasteiger partial charge in [0.2, 0.25) is 0 Å². The Balaban J connectivity index is 2.26. The molecule has 0 saturated heterocycles. The van der Waals surface area contributed by atoms with Crippen molar-refractivity contribution in [1.82, 2.24) is 9.78 Å². The molecule has 2 unspecified atom stereocenters. The van der Waals surface area contributed by atoms with Gasteiger partial charge in [0, 0.05) is 13.1 Å². The standard InChI is InChI=1S/C15H25N3O2/c1-9(2)11-7-5-6-8-12(11)16-14-13(15(19)20)10(3)17-18(14)4/h9,11-12,16H,5-8H2,1-4H3,(H,19,20). The van der Waals surface area contributed by atoms with Gasteiger partial charge >= 0.3 is 5.97 Å². The number of aromatic carboxylic acids is 1. The summed E-state index contributed by atoms with van der Waals surface area (Å²) in [6.45, 7) is 6.24. The molecule has 112 valence electrons. The fourth-order valence-electron chi connectivity index (χ4n) is 3.39. The number of carboxylic acid groups (broad SMARTS) is 1. The quantitative estimate of drug-likeness (QED) is 0.889. The molecule has 1 aromatic heterocycles. The van der Waals surface area contributed by atoms with Crippen molar-refractivity contribution in [3.63, 3.8) is 0 Å². The lowest BCUT2D eigenvalue weighted by molar-refractivity contribution is 0.0697. The van der Waals surface area contributed by atoms with E-state index in [2.05, 4.69) is 24.3 Å². The number of aromatic nitrogens is 2. The molecule has 0 amide bonds. The van der Waals surface area contributed by atoms with Gasteiger partial charge in [-0.25, -0.2) is 4.79 Å². The van der Waals surface area contributed by atoms with E-state index in [9.17, 15) is 9.90 Å². The van der Waals surface area contributed by atoms with E-state index < -0.39 is 5.97 Å². The molecule has 1 aliphatic carbocycles. The molecule has 5 heteroatoms. The number of carboxylic acids is 1. The third-order valence-electron chi connectivity index (χ3n) is 4.43. The van der Waals surface area contributed by atoms with E-state index in [1.807, 2.05) is 0 Å². The molecule has 2 N–H and O–H groups in total. The first kappa shape index (κ1) is 14.9. The highest BCUT2D eigenvalue weighted by molar-refractivity contribution is 5.94. The fourth-order valence-corrected chi connectivity index (χ4v) is 3.39.